The Balaban J connectivity index is 2.29. The van der Waals surface area contributed by atoms with Gasteiger partial charge >= 0.3 is 5.91 Å². The molecule has 0 bridgehead atoms. The number of benzene rings is 2. The van der Waals surface area contributed by atoms with Crippen LogP contribution in [0.1, 0.15) is 58.1 Å². The minimum Gasteiger partial charge on any atom is -0.283 e. The van der Waals surface area contributed by atoms with Crippen LogP contribution < -0.4 is 0 Å². The minimum atomic E-state index is -0.778. The largest absolute Gasteiger partial charge is 0.382 e. The standard InChI is InChI=1S/C27H33NO3S/c1-5-18-28(24(30)23(29)26(3,4)6-2)19-17-27(22(28)25(31)32,20-13-9-7-10-14-20)21-15-11-8-12-16-21/h7-16,22H,5-6,17-19H2,1-4H3/p+1/t22-,28?/m1/s1. The van der Waals surface area contributed by atoms with Gasteiger partial charge in [-0.15, -0.1) is 0 Å². The molecule has 5 heteroatoms. The van der Waals surface area contributed by atoms with Crippen molar-refractivity contribution in [3.05, 3.63) is 71.8 Å². The first-order valence-electron chi connectivity index (χ1n) is 11.5. The van der Waals surface area contributed by atoms with Gasteiger partial charge in [-0.2, -0.15) is 0 Å². The van der Waals surface area contributed by atoms with Crippen molar-refractivity contribution in [3.63, 3.8) is 0 Å². The predicted octanol–water partition coefficient (Wildman–Crippen LogP) is 4.96. The molecule has 2 aromatic carbocycles. The summed E-state index contributed by atoms with van der Waals surface area (Å²) in [5.74, 6) is -0.857. The molecule has 4 nitrogen and oxygen atoms in total. The predicted molar refractivity (Wildman–Crippen MR) is 130 cm³/mol. The molecule has 0 N–H and O–H groups in total. The summed E-state index contributed by atoms with van der Waals surface area (Å²) in [6.07, 6.45) is 1.83. The van der Waals surface area contributed by atoms with Crippen molar-refractivity contribution >= 4 is 29.4 Å². The highest BCUT2D eigenvalue weighted by atomic mass is 32.1. The summed E-state index contributed by atoms with van der Waals surface area (Å²) in [6.45, 7) is 8.39. The zero-order valence-electron chi connectivity index (χ0n) is 19.5. The number of Topliss-reactive ketones (excluding diaryl/α,β-unsaturated/α-hetero) is 1. The van der Waals surface area contributed by atoms with Crippen LogP contribution in [0.3, 0.4) is 0 Å². The quantitative estimate of drug-likeness (QED) is 0.350. The van der Waals surface area contributed by atoms with Crippen LogP contribution in [-0.4, -0.2) is 40.4 Å². The van der Waals surface area contributed by atoms with E-state index in [1.54, 1.807) is 0 Å². The molecule has 0 spiro atoms. The maximum absolute atomic E-state index is 14.0. The molecule has 170 valence electrons. The van der Waals surface area contributed by atoms with Crippen LogP contribution in [0, 0.1) is 5.41 Å². The summed E-state index contributed by atoms with van der Waals surface area (Å²) in [5, 5.41) is -0.348. The second kappa shape index (κ2) is 9.32. The van der Waals surface area contributed by atoms with Crippen molar-refractivity contribution in [1.29, 1.82) is 0 Å². The van der Waals surface area contributed by atoms with Gasteiger partial charge in [0.25, 0.3) is 5.78 Å². The normalized spacial score (nSPS) is 22.5. The molecule has 1 amide bonds. The van der Waals surface area contributed by atoms with E-state index in [0.29, 0.717) is 32.4 Å². The van der Waals surface area contributed by atoms with Crippen LogP contribution in [0.25, 0.3) is 0 Å². The molecule has 2 aromatic rings. The first-order valence-corrected chi connectivity index (χ1v) is 11.9. The Morgan fingerprint density at radius 1 is 0.969 bits per heavy atom. The monoisotopic (exact) mass is 452 g/mol. The number of nitrogens with zero attached hydrogens (tertiary/aromatic N) is 1. The lowest BCUT2D eigenvalue weighted by molar-refractivity contribution is -0.855. The number of amides is 1. The molecule has 0 aromatic heterocycles. The van der Waals surface area contributed by atoms with Crippen LogP contribution in [0.15, 0.2) is 60.7 Å². The van der Waals surface area contributed by atoms with Gasteiger partial charge in [-0.3, -0.25) is 9.59 Å². The summed E-state index contributed by atoms with van der Waals surface area (Å²) >= 11 is 4.35. The Morgan fingerprint density at radius 3 is 1.88 bits per heavy atom. The Bertz CT molecular complexity index is 947. The highest BCUT2D eigenvalue weighted by molar-refractivity contribution is 7.96. The lowest BCUT2D eigenvalue weighted by Crippen LogP contribution is -2.65. The van der Waals surface area contributed by atoms with Gasteiger partial charge in [-0.25, -0.2) is 9.28 Å². The van der Waals surface area contributed by atoms with E-state index < -0.39 is 28.6 Å². The number of likely N-dealkylation sites (tertiary alicyclic amines) is 1. The topological polar surface area (TPSA) is 51.2 Å². The minimum absolute atomic E-state index is 0.162. The molecule has 0 radical (unpaired) electrons. The van der Waals surface area contributed by atoms with Gasteiger partial charge in [0.05, 0.1) is 18.5 Å². The van der Waals surface area contributed by atoms with Crippen molar-refractivity contribution in [2.24, 2.45) is 5.41 Å². The molecular formula is C27H34NO3S+. The van der Waals surface area contributed by atoms with Crippen LogP contribution in [-0.2, 0) is 19.8 Å². The number of quaternary nitrogens is 1. The lowest BCUT2D eigenvalue weighted by Gasteiger charge is -2.42. The fourth-order valence-corrected chi connectivity index (χ4v) is 5.78. The zero-order chi connectivity index (χ0) is 23.6. The number of hydrogen-bond donors (Lipinski definition) is 1. The van der Waals surface area contributed by atoms with Crippen molar-refractivity contribution in [3.8, 4) is 0 Å². The Hall–Kier alpha value is -2.24. The number of thiol groups is 1. The first kappa shape index (κ1) is 24.4. The first-order chi connectivity index (χ1) is 15.2. The van der Waals surface area contributed by atoms with E-state index in [1.165, 1.54) is 0 Å². The van der Waals surface area contributed by atoms with E-state index in [-0.39, 0.29) is 9.60 Å². The number of rotatable bonds is 8. The maximum atomic E-state index is 14.0. The van der Waals surface area contributed by atoms with Gasteiger partial charge < -0.3 is 0 Å². The Morgan fingerprint density at radius 2 is 1.47 bits per heavy atom. The second-order valence-corrected chi connectivity index (χ2v) is 9.99. The van der Waals surface area contributed by atoms with Gasteiger partial charge in [0.1, 0.15) is 0 Å². The molecule has 0 aliphatic carbocycles. The molecular weight excluding hydrogens is 418 g/mol. The molecule has 1 unspecified atom stereocenters. The van der Waals surface area contributed by atoms with Crippen molar-refractivity contribution < 1.29 is 18.9 Å². The zero-order valence-corrected chi connectivity index (χ0v) is 20.4. The number of hydrogen-bond acceptors (Lipinski definition) is 3. The lowest BCUT2D eigenvalue weighted by atomic mass is 9.69. The van der Waals surface area contributed by atoms with Crippen LogP contribution in [0.5, 0.6) is 0 Å². The molecule has 1 fully saturated rings. The number of ketones is 1. The summed E-state index contributed by atoms with van der Waals surface area (Å²) in [5.41, 5.74) is 0.447. The summed E-state index contributed by atoms with van der Waals surface area (Å²) < 4.78 is -0.162. The fraction of sp³-hybridized carbons (Fsp3) is 0.444. The van der Waals surface area contributed by atoms with E-state index in [0.717, 1.165) is 11.1 Å². The molecule has 0 saturated carbocycles. The van der Waals surface area contributed by atoms with Crippen molar-refractivity contribution in [1.82, 2.24) is 0 Å². The smallest absolute Gasteiger partial charge is 0.283 e. The Kier molecular flexibility index (Phi) is 7.11. The molecule has 2 atom stereocenters. The third-order valence-corrected chi connectivity index (χ3v) is 7.64. The summed E-state index contributed by atoms with van der Waals surface area (Å²) in [7, 11) is 0. The third kappa shape index (κ3) is 3.86. The van der Waals surface area contributed by atoms with E-state index in [4.69, 9.17) is 0 Å². The molecule has 32 heavy (non-hydrogen) atoms. The van der Waals surface area contributed by atoms with Crippen LogP contribution in [0.2, 0.25) is 0 Å². The molecule has 1 saturated heterocycles. The summed E-state index contributed by atoms with van der Waals surface area (Å²) in [6, 6.07) is 19.0. The maximum Gasteiger partial charge on any atom is 0.382 e. The van der Waals surface area contributed by atoms with Crippen LogP contribution in [0.4, 0.5) is 0 Å². The highest BCUT2D eigenvalue weighted by Gasteiger charge is 2.66. The SMILES string of the molecule is CCC[N+]1(C(=O)C(=O)C(C)(C)CC)CCC(c2ccccc2)(c2ccccc2)[C@H]1C(=O)S. The van der Waals surface area contributed by atoms with Gasteiger partial charge in [0.2, 0.25) is 5.12 Å². The van der Waals surface area contributed by atoms with E-state index in [9.17, 15) is 14.4 Å². The van der Waals surface area contributed by atoms with E-state index in [1.807, 2.05) is 88.4 Å². The van der Waals surface area contributed by atoms with Gasteiger partial charge in [-0.05, 0) is 24.0 Å². The highest BCUT2D eigenvalue weighted by Crippen LogP contribution is 2.50. The molecule has 1 heterocycles. The second-order valence-electron chi connectivity index (χ2n) is 9.55. The van der Waals surface area contributed by atoms with Crippen molar-refractivity contribution in [2.75, 3.05) is 13.1 Å². The third-order valence-electron chi connectivity index (χ3n) is 7.40. The Labute approximate surface area is 197 Å². The van der Waals surface area contributed by atoms with Gasteiger partial charge in [0.15, 0.2) is 6.04 Å². The molecule has 3 rings (SSSR count). The van der Waals surface area contributed by atoms with E-state index >= 15 is 0 Å². The van der Waals surface area contributed by atoms with E-state index in [2.05, 4.69) is 12.6 Å². The number of carbonyl (C=O) groups excluding carboxylic acids is 3. The molecule has 1 aliphatic rings. The van der Waals surface area contributed by atoms with Crippen LogP contribution >= 0.6 is 12.6 Å². The average molecular weight is 453 g/mol. The number of carbonyl (C=O) groups is 3. The molecule has 1 aliphatic heterocycles. The fourth-order valence-electron chi connectivity index (χ4n) is 5.34. The summed E-state index contributed by atoms with van der Waals surface area (Å²) in [4.78, 5) is 40.7. The average Bonchev–Trinajstić information content (AvgIpc) is 3.16. The van der Waals surface area contributed by atoms with Gasteiger partial charge in [-0.1, -0.05) is 101 Å². The van der Waals surface area contributed by atoms with Crippen molar-refractivity contribution in [2.45, 2.75) is 58.4 Å². The van der Waals surface area contributed by atoms with Gasteiger partial charge in [0, 0.05) is 11.8 Å².